The molecule has 0 aliphatic carbocycles. The number of carbonyl (C=O) groups is 1. The number of nitrogen functional groups attached to an aromatic ring is 1. The van der Waals surface area contributed by atoms with Gasteiger partial charge in [-0.05, 0) is 32.0 Å². The van der Waals surface area contributed by atoms with Crippen molar-refractivity contribution in [1.29, 1.82) is 0 Å². The van der Waals surface area contributed by atoms with Gasteiger partial charge in [-0.15, -0.1) is 11.3 Å². The number of rotatable bonds is 2. The Kier molecular flexibility index (Phi) is 3.06. The van der Waals surface area contributed by atoms with E-state index >= 15 is 0 Å². The molecule has 0 aliphatic rings. The first-order valence-corrected chi connectivity index (χ1v) is 7.18. The number of aromatic nitrogens is 1. The highest BCUT2D eigenvalue weighted by atomic mass is 32.1. The standard InChI is InChI=1S/C15H14N2O2S/c1-3-19-15(18)13-12(16)10-7-9-6-8(2)4-5-11(9)17-14(10)20-13/h4-7H,3,16H2,1-2H3. The first-order valence-electron chi connectivity index (χ1n) is 6.36. The highest BCUT2D eigenvalue weighted by molar-refractivity contribution is 7.21. The topological polar surface area (TPSA) is 65.2 Å². The molecule has 2 heterocycles. The van der Waals surface area contributed by atoms with Crippen LogP contribution >= 0.6 is 11.3 Å². The quantitative estimate of drug-likeness (QED) is 0.732. The Hall–Kier alpha value is -2.14. The first kappa shape index (κ1) is 12.9. The zero-order chi connectivity index (χ0) is 14.3. The summed E-state index contributed by atoms with van der Waals surface area (Å²) in [4.78, 5) is 17.6. The Morgan fingerprint density at radius 2 is 2.20 bits per heavy atom. The fourth-order valence-corrected chi connectivity index (χ4v) is 3.15. The first-order chi connectivity index (χ1) is 9.60. The van der Waals surface area contributed by atoms with Gasteiger partial charge in [-0.3, -0.25) is 0 Å². The smallest absolute Gasteiger partial charge is 0.350 e. The summed E-state index contributed by atoms with van der Waals surface area (Å²) in [5, 5.41) is 1.84. The van der Waals surface area contributed by atoms with E-state index in [0.717, 1.165) is 26.7 Å². The molecule has 20 heavy (non-hydrogen) atoms. The van der Waals surface area contributed by atoms with Crippen molar-refractivity contribution >= 4 is 44.1 Å². The molecule has 2 N–H and O–H groups in total. The summed E-state index contributed by atoms with van der Waals surface area (Å²) in [7, 11) is 0. The summed E-state index contributed by atoms with van der Waals surface area (Å²) in [6, 6.07) is 8.04. The summed E-state index contributed by atoms with van der Waals surface area (Å²) in [6.07, 6.45) is 0. The number of fused-ring (bicyclic) bond motifs is 2. The minimum Gasteiger partial charge on any atom is -0.462 e. The van der Waals surface area contributed by atoms with Crippen molar-refractivity contribution in [2.24, 2.45) is 0 Å². The predicted molar refractivity (Wildman–Crippen MR) is 82.2 cm³/mol. The average molecular weight is 286 g/mol. The molecule has 0 spiro atoms. The fraction of sp³-hybridized carbons (Fsp3) is 0.200. The van der Waals surface area contributed by atoms with Crippen LogP contribution in [-0.2, 0) is 4.74 Å². The van der Waals surface area contributed by atoms with Gasteiger partial charge in [-0.25, -0.2) is 9.78 Å². The highest BCUT2D eigenvalue weighted by Gasteiger charge is 2.18. The normalized spacial score (nSPS) is 11.1. The Morgan fingerprint density at radius 3 is 2.95 bits per heavy atom. The molecule has 2 aromatic heterocycles. The molecule has 5 heteroatoms. The van der Waals surface area contributed by atoms with E-state index in [9.17, 15) is 4.79 Å². The molecule has 1 aromatic carbocycles. The van der Waals surface area contributed by atoms with Gasteiger partial charge in [0.2, 0.25) is 0 Å². The van der Waals surface area contributed by atoms with Gasteiger partial charge in [0, 0.05) is 10.8 Å². The van der Waals surface area contributed by atoms with Gasteiger partial charge in [0.1, 0.15) is 9.71 Å². The number of carbonyl (C=O) groups excluding carboxylic acids is 1. The van der Waals surface area contributed by atoms with E-state index in [1.807, 2.05) is 25.1 Å². The van der Waals surface area contributed by atoms with Crippen LogP contribution < -0.4 is 5.73 Å². The number of ether oxygens (including phenoxy) is 1. The van der Waals surface area contributed by atoms with Crippen molar-refractivity contribution in [3.63, 3.8) is 0 Å². The Labute approximate surface area is 120 Å². The molecule has 0 bridgehead atoms. The van der Waals surface area contributed by atoms with Gasteiger partial charge in [-0.1, -0.05) is 11.6 Å². The minimum absolute atomic E-state index is 0.334. The van der Waals surface area contributed by atoms with Crippen molar-refractivity contribution < 1.29 is 9.53 Å². The number of nitrogens with two attached hydrogens (primary N) is 1. The van der Waals surface area contributed by atoms with Gasteiger partial charge in [0.15, 0.2) is 0 Å². The molecule has 3 aromatic rings. The second-order valence-corrected chi connectivity index (χ2v) is 5.60. The molecule has 0 amide bonds. The second kappa shape index (κ2) is 4.76. The Morgan fingerprint density at radius 1 is 1.40 bits per heavy atom. The largest absolute Gasteiger partial charge is 0.462 e. The maximum atomic E-state index is 11.9. The van der Waals surface area contributed by atoms with Gasteiger partial charge in [-0.2, -0.15) is 0 Å². The monoisotopic (exact) mass is 286 g/mol. The third-order valence-electron chi connectivity index (χ3n) is 3.13. The number of aryl methyl sites for hydroxylation is 1. The average Bonchev–Trinajstić information content (AvgIpc) is 2.74. The zero-order valence-corrected chi connectivity index (χ0v) is 12.1. The molecule has 3 rings (SSSR count). The summed E-state index contributed by atoms with van der Waals surface area (Å²) in [6.45, 7) is 4.14. The number of hydrogen-bond acceptors (Lipinski definition) is 5. The van der Waals surface area contributed by atoms with Crippen LogP contribution in [0.25, 0.3) is 21.1 Å². The molecular weight excluding hydrogens is 272 g/mol. The SMILES string of the molecule is CCOC(=O)c1sc2nc3ccc(C)cc3cc2c1N. The van der Waals surface area contributed by atoms with Gasteiger partial charge < -0.3 is 10.5 Å². The van der Waals surface area contributed by atoms with Crippen molar-refractivity contribution in [1.82, 2.24) is 4.98 Å². The van der Waals surface area contributed by atoms with Crippen LogP contribution in [0, 0.1) is 6.92 Å². The molecule has 102 valence electrons. The molecule has 0 saturated heterocycles. The van der Waals surface area contributed by atoms with Crippen LogP contribution in [0.5, 0.6) is 0 Å². The lowest BCUT2D eigenvalue weighted by Gasteiger charge is -2.00. The number of pyridine rings is 1. The number of esters is 1. The van der Waals surface area contributed by atoms with Crippen LogP contribution in [0.1, 0.15) is 22.2 Å². The number of hydrogen-bond donors (Lipinski definition) is 1. The van der Waals surface area contributed by atoms with E-state index in [-0.39, 0.29) is 5.97 Å². The lowest BCUT2D eigenvalue weighted by atomic mass is 10.1. The molecule has 0 radical (unpaired) electrons. The van der Waals surface area contributed by atoms with Gasteiger partial charge in [0.05, 0.1) is 17.8 Å². The maximum Gasteiger partial charge on any atom is 0.350 e. The van der Waals surface area contributed by atoms with Crippen LogP contribution in [0.3, 0.4) is 0 Å². The van der Waals surface area contributed by atoms with Crippen LogP contribution in [0.15, 0.2) is 24.3 Å². The molecule has 0 unspecified atom stereocenters. The van der Waals surface area contributed by atoms with Crippen molar-refractivity contribution in [3.05, 3.63) is 34.7 Å². The van der Waals surface area contributed by atoms with Gasteiger partial charge in [0.25, 0.3) is 0 Å². The predicted octanol–water partition coefficient (Wildman–Crippen LogP) is 3.52. The van der Waals surface area contributed by atoms with E-state index in [4.69, 9.17) is 10.5 Å². The molecule has 4 nitrogen and oxygen atoms in total. The summed E-state index contributed by atoms with van der Waals surface area (Å²) < 4.78 is 5.02. The van der Waals surface area contributed by atoms with E-state index in [2.05, 4.69) is 11.1 Å². The van der Waals surface area contributed by atoms with Gasteiger partial charge >= 0.3 is 5.97 Å². The third-order valence-corrected chi connectivity index (χ3v) is 4.22. The molecule has 0 aliphatic heterocycles. The van der Waals surface area contributed by atoms with Crippen LogP contribution in [0.2, 0.25) is 0 Å². The van der Waals surface area contributed by atoms with Crippen molar-refractivity contribution in [2.45, 2.75) is 13.8 Å². The van der Waals surface area contributed by atoms with Crippen molar-refractivity contribution in [2.75, 3.05) is 12.3 Å². The molecule has 0 saturated carbocycles. The number of nitrogens with zero attached hydrogens (tertiary/aromatic N) is 1. The number of benzene rings is 1. The third kappa shape index (κ3) is 2.00. The Bertz CT molecular complexity index is 823. The summed E-state index contributed by atoms with van der Waals surface area (Å²) in [5.74, 6) is -0.381. The number of thiophene rings is 1. The zero-order valence-electron chi connectivity index (χ0n) is 11.3. The molecule has 0 fully saturated rings. The van der Waals surface area contributed by atoms with E-state index in [1.54, 1.807) is 6.92 Å². The number of anilines is 1. The van der Waals surface area contributed by atoms with Crippen molar-refractivity contribution in [3.8, 4) is 0 Å². The van der Waals surface area contributed by atoms with E-state index < -0.39 is 0 Å². The second-order valence-electron chi connectivity index (χ2n) is 4.60. The van der Waals surface area contributed by atoms with E-state index in [1.165, 1.54) is 11.3 Å². The Balaban J connectivity index is 2.25. The van der Waals surface area contributed by atoms with Crippen LogP contribution in [0.4, 0.5) is 5.69 Å². The summed E-state index contributed by atoms with van der Waals surface area (Å²) >= 11 is 1.28. The maximum absolute atomic E-state index is 11.9. The fourth-order valence-electron chi connectivity index (χ4n) is 2.17. The highest BCUT2D eigenvalue weighted by Crippen LogP contribution is 2.35. The van der Waals surface area contributed by atoms with Crippen LogP contribution in [-0.4, -0.2) is 17.6 Å². The molecular formula is C15H14N2O2S. The lowest BCUT2D eigenvalue weighted by Crippen LogP contribution is -2.04. The minimum atomic E-state index is -0.381. The lowest BCUT2D eigenvalue weighted by molar-refractivity contribution is 0.0533. The van der Waals surface area contributed by atoms with E-state index in [0.29, 0.717) is 17.2 Å². The summed E-state index contributed by atoms with van der Waals surface area (Å²) in [5.41, 5.74) is 8.59. The molecule has 0 atom stereocenters.